The van der Waals surface area contributed by atoms with Gasteiger partial charge >= 0.3 is 6.18 Å². The maximum atomic E-state index is 13.0. The van der Waals surface area contributed by atoms with Crippen molar-refractivity contribution in [2.24, 2.45) is 0 Å². The molecule has 6 heteroatoms. The Kier molecular flexibility index (Phi) is 4.80. The van der Waals surface area contributed by atoms with E-state index in [1.807, 2.05) is 6.92 Å². The van der Waals surface area contributed by atoms with E-state index in [0.717, 1.165) is 17.7 Å². The first kappa shape index (κ1) is 16.7. The lowest BCUT2D eigenvalue weighted by molar-refractivity contribution is -0.137. The van der Waals surface area contributed by atoms with Gasteiger partial charge in [-0.3, -0.25) is 0 Å². The highest BCUT2D eigenvalue weighted by Crippen LogP contribution is 2.37. The second-order valence-corrected chi connectivity index (χ2v) is 4.80. The highest BCUT2D eigenvalue weighted by molar-refractivity contribution is 5.48. The molecule has 0 aliphatic rings. The molecule has 0 unspecified atom stereocenters. The zero-order valence-electron chi connectivity index (χ0n) is 12.6. The lowest BCUT2D eigenvalue weighted by atomic mass is 10.1. The van der Waals surface area contributed by atoms with E-state index in [9.17, 15) is 13.2 Å². The molecule has 2 aromatic rings. The largest absolute Gasteiger partial charge is 0.490 e. The molecule has 23 heavy (non-hydrogen) atoms. The van der Waals surface area contributed by atoms with E-state index in [2.05, 4.69) is 0 Å². The number of hydrogen-bond donors (Lipinski definition) is 0. The van der Waals surface area contributed by atoms with Gasteiger partial charge in [-0.25, -0.2) is 0 Å². The minimum atomic E-state index is -4.62. The molecule has 0 radical (unpaired) electrons. The summed E-state index contributed by atoms with van der Waals surface area (Å²) in [7, 11) is 0. The van der Waals surface area contributed by atoms with Gasteiger partial charge in [-0.05, 0) is 49.7 Å². The molecule has 0 N–H and O–H groups in total. The normalized spacial score (nSPS) is 11.0. The lowest BCUT2D eigenvalue weighted by Gasteiger charge is -2.14. The Bertz CT molecular complexity index is 748. The summed E-state index contributed by atoms with van der Waals surface area (Å²) in [5, 5.41) is 8.80. The van der Waals surface area contributed by atoms with Crippen molar-refractivity contribution in [2.75, 3.05) is 6.61 Å². The maximum Gasteiger partial charge on any atom is 0.417 e. The van der Waals surface area contributed by atoms with Gasteiger partial charge < -0.3 is 9.47 Å². The molecule has 0 aliphatic carbocycles. The number of nitriles is 1. The molecule has 0 aromatic heterocycles. The van der Waals surface area contributed by atoms with E-state index >= 15 is 0 Å². The van der Waals surface area contributed by atoms with Crippen molar-refractivity contribution in [1.82, 2.24) is 0 Å². The molecule has 2 aromatic carbocycles. The van der Waals surface area contributed by atoms with Crippen molar-refractivity contribution in [3.63, 3.8) is 0 Å². The van der Waals surface area contributed by atoms with Gasteiger partial charge in [0.2, 0.25) is 0 Å². The van der Waals surface area contributed by atoms with Crippen LogP contribution < -0.4 is 9.47 Å². The predicted molar refractivity (Wildman–Crippen MR) is 78.6 cm³/mol. The molecule has 0 atom stereocenters. The summed E-state index contributed by atoms with van der Waals surface area (Å²) in [6, 6.07) is 9.90. The number of hydrogen-bond acceptors (Lipinski definition) is 3. The fourth-order valence-corrected chi connectivity index (χ4v) is 2.01. The van der Waals surface area contributed by atoms with Crippen LogP contribution in [0, 0.1) is 18.3 Å². The number of benzene rings is 2. The van der Waals surface area contributed by atoms with Gasteiger partial charge in [0.15, 0.2) is 11.5 Å². The Morgan fingerprint density at radius 3 is 2.43 bits per heavy atom. The van der Waals surface area contributed by atoms with E-state index in [1.165, 1.54) is 12.1 Å². The van der Waals surface area contributed by atoms with Crippen LogP contribution in [0.4, 0.5) is 13.2 Å². The van der Waals surface area contributed by atoms with Gasteiger partial charge in [0.05, 0.1) is 23.8 Å². The van der Waals surface area contributed by atoms with E-state index in [4.69, 9.17) is 14.7 Å². The van der Waals surface area contributed by atoms with Gasteiger partial charge in [0.25, 0.3) is 0 Å². The summed E-state index contributed by atoms with van der Waals surface area (Å²) in [5.41, 5.74) is -0.530. The van der Waals surface area contributed by atoms with Crippen molar-refractivity contribution in [3.8, 4) is 23.3 Å². The van der Waals surface area contributed by atoms with E-state index in [-0.39, 0.29) is 5.75 Å². The summed E-state index contributed by atoms with van der Waals surface area (Å²) in [5.74, 6) is 0.752. The van der Waals surface area contributed by atoms with Gasteiger partial charge in [-0.15, -0.1) is 0 Å². The minimum Gasteiger partial charge on any atom is -0.490 e. The van der Waals surface area contributed by atoms with Gasteiger partial charge in [-0.1, -0.05) is 6.07 Å². The van der Waals surface area contributed by atoms with Crippen LogP contribution in [0.2, 0.25) is 0 Å². The van der Waals surface area contributed by atoms with Crippen molar-refractivity contribution in [1.29, 1.82) is 5.26 Å². The summed E-state index contributed by atoms with van der Waals surface area (Å²) in [6.45, 7) is 4.08. The second kappa shape index (κ2) is 6.61. The van der Waals surface area contributed by atoms with Crippen LogP contribution in [0.1, 0.15) is 23.6 Å². The Labute approximate surface area is 131 Å². The molecule has 0 saturated heterocycles. The number of rotatable bonds is 4. The molecule has 0 saturated carbocycles. The first-order chi connectivity index (χ1) is 10.8. The number of alkyl halides is 3. The Morgan fingerprint density at radius 1 is 1.09 bits per heavy atom. The number of aryl methyl sites for hydroxylation is 1. The van der Waals surface area contributed by atoms with Crippen molar-refractivity contribution >= 4 is 0 Å². The molecule has 0 spiro atoms. The van der Waals surface area contributed by atoms with Gasteiger partial charge in [0, 0.05) is 0 Å². The Balaban J connectivity index is 2.40. The third-order valence-electron chi connectivity index (χ3n) is 3.04. The summed E-state index contributed by atoms with van der Waals surface area (Å²) >= 11 is 0. The molecule has 0 heterocycles. The molecule has 0 fully saturated rings. The molecule has 0 bridgehead atoms. The Morgan fingerprint density at radius 2 is 1.83 bits per heavy atom. The van der Waals surface area contributed by atoms with Crippen LogP contribution in [0.5, 0.6) is 17.2 Å². The van der Waals surface area contributed by atoms with Crippen molar-refractivity contribution < 1.29 is 22.6 Å². The SMILES string of the molecule is CCOc1cc(C)ccc1Oc1ccc(C#N)c(C(F)(F)F)c1. The summed E-state index contributed by atoms with van der Waals surface area (Å²) < 4.78 is 49.9. The molecule has 0 aliphatic heterocycles. The van der Waals surface area contributed by atoms with Crippen molar-refractivity contribution in [2.45, 2.75) is 20.0 Å². The second-order valence-electron chi connectivity index (χ2n) is 4.80. The van der Waals surface area contributed by atoms with Crippen LogP contribution >= 0.6 is 0 Å². The smallest absolute Gasteiger partial charge is 0.417 e. The minimum absolute atomic E-state index is 0.0128. The van der Waals surface area contributed by atoms with E-state index in [1.54, 1.807) is 25.1 Å². The van der Waals surface area contributed by atoms with Crippen molar-refractivity contribution in [3.05, 3.63) is 53.1 Å². The van der Waals surface area contributed by atoms with E-state index in [0.29, 0.717) is 18.1 Å². The number of halogens is 3. The maximum absolute atomic E-state index is 13.0. The molecule has 3 nitrogen and oxygen atoms in total. The van der Waals surface area contributed by atoms with E-state index < -0.39 is 17.3 Å². The lowest BCUT2D eigenvalue weighted by Crippen LogP contribution is -2.08. The van der Waals surface area contributed by atoms with Crippen LogP contribution in [-0.2, 0) is 6.18 Å². The highest BCUT2D eigenvalue weighted by Gasteiger charge is 2.34. The van der Waals surface area contributed by atoms with Crippen LogP contribution in [0.15, 0.2) is 36.4 Å². The summed E-state index contributed by atoms with van der Waals surface area (Å²) in [6.07, 6.45) is -4.62. The zero-order valence-corrected chi connectivity index (χ0v) is 12.6. The van der Waals surface area contributed by atoms with Gasteiger partial charge in [-0.2, -0.15) is 18.4 Å². The first-order valence-electron chi connectivity index (χ1n) is 6.87. The predicted octanol–water partition coefficient (Wildman–Crippen LogP) is 5.08. The average Bonchev–Trinajstić information content (AvgIpc) is 2.49. The fourth-order valence-electron chi connectivity index (χ4n) is 2.01. The van der Waals surface area contributed by atoms with Gasteiger partial charge in [0.1, 0.15) is 5.75 Å². The quantitative estimate of drug-likeness (QED) is 0.789. The topological polar surface area (TPSA) is 42.2 Å². The summed E-state index contributed by atoms with van der Waals surface area (Å²) in [4.78, 5) is 0. The molecule has 2 rings (SSSR count). The molecule has 0 amide bonds. The standard InChI is InChI=1S/C17H14F3NO2/c1-3-22-16-8-11(2)4-7-15(16)23-13-6-5-12(10-21)14(9-13)17(18,19)20/h4-9H,3H2,1-2H3. The molecular formula is C17H14F3NO2. The Hall–Kier alpha value is -2.68. The highest BCUT2D eigenvalue weighted by atomic mass is 19.4. The van der Waals surface area contributed by atoms with Crippen LogP contribution in [0.25, 0.3) is 0 Å². The molecular weight excluding hydrogens is 307 g/mol. The zero-order chi connectivity index (χ0) is 17.0. The van der Waals surface area contributed by atoms with Crippen LogP contribution in [-0.4, -0.2) is 6.61 Å². The first-order valence-corrected chi connectivity index (χ1v) is 6.87. The fraction of sp³-hybridized carbons (Fsp3) is 0.235. The number of nitrogens with zero attached hydrogens (tertiary/aromatic N) is 1. The van der Waals surface area contributed by atoms with Crippen LogP contribution in [0.3, 0.4) is 0 Å². The number of ether oxygens (including phenoxy) is 2. The average molecular weight is 321 g/mol. The third-order valence-corrected chi connectivity index (χ3v) is 3.04. The monoisotopic (exact) mass is 321 g/mol. The third kappa shape index (κ3) is 3.95. The molecule has 120 valence electrons.